The fraction of sp³-hybridized carbons (Fsp3) is 0.588. The van der Waals surface area contributed by atoms with Crippen LogP contribution in [0.4, 0.5) is 4.39 Å². The first-order chi connectivity index (χ1) is 10.2. The zero-order valence-electron chi connectivity index (χ0n) is 12.3. The van der Waals surface area contributed by atoms with Crippen LogP contribution in [0.3, 0.4) is 0 Å². The molecular formula is C17H23FN2O. The van der Waals surface area contributed by atoms with Crippen molar-refractivity contribution in [3.63, 3.8) is 0 Å². The van der Waals surface area contributed by atoms with Crippen molar-refractivity contribution < 1.29 is 9.18 Å². The first-order valence-corrected chi connectivity index (χ1v) is 7.91. The number of nitrogens with one attached hydrogen (secondary N) is 2. The van der Waals surface area contributed by atoms with E-state index in [-0.39, 0.29) is 17.1 Å². The molecule has 0 spiro atoms. The zero-order chi connectivity index (χ0) is 14.7. The van der Waals surface area contributed by atoms with E-state index in [0.29, 0.717) is 18.9 Å². The number of amides is 1. The molecule has 1 aromatic rings. The van der Waals surface area contributed by atoms with Crippen LogP contribution in [0.1, 0.15) is 37.7 Å². The Morgan fingerprint density at radius 2 is 2.29 bits per heavy atom. The lowest BCUT2D eigenvalue weighted by atomic mass is 9.95. The third-order valence-electron chi connectivity index (χ3n) is 4.86. The lowest BCUT2D eigenvalue weighted by Gasteiger charge is -2.17. The smallest absolute Gasteiger partial charge is 0.220 e. The quantitative estimate of drug-likeness (QED) is 0.844. The largest absolute Gasteiger partial charge is 0.355 e. The molecule has 21 heavy (non-hydrogen) atoms. The number of carbonyl (C=O) groups is 1. The van der Waals surface area contributed by atoms with Crippen molar-refractivity contribution in [3.05, 3.63) is 35.6 Å². The first kappa shape index (κ1) is 14.5. The van der Waals surface area contributed by atoms with Crippen molar-refractivity contribution in [2.75, 3.05) is 19.6 Å². The van der Waals surface area contributed by atoms with Crippen LogP contribution < -0.4 is 10.6 Å². The minimum atomic E-state index is -0.196. The van der Waals surface area contributed by atoms with Gasteiger partial charge in [-0.15, -0.1) is 0 Å². The molecule has 2 N–H and O–H groups in total. The summed E-state index contributed by atoms with van der Waals surface area (Å²) < 4.78 is 13.3. The standard InChI is InChI=1S/C17H23FN2O/c18-15-3-1-2-14(10-15)17(7-8-17)12-20-16(21)5-4-13-6-9-19-11-13/h1-3,10,13,19H,4-9,11-12H2,(H,20,21). The number of halogens is 1. The van der Waals surface area contributed by atoms with Crippen molar-refractivity contribution in [1.29, 1.82) is 0 Å². The van der Waals surface area contributed by atoms with E-state index < -0.39 is 0 Å². The summed E-state index contributed by atoms with van der Waals surface area (Å²) in [6, 6.07) is 6.78. The Balaban J connectivity index is 1.47. The van der Waals surface area contributed by atoms with Gasteiger partial charge in [0, 0.05) is 18.4 Å². The van der Waals surface area contributed by atoms with Crippen molar-refractivity contribution in [2.24, 2.45) is 5.92 Å². The average Bonchev–Trinajstić information content (AvgIpc) is 3.10. The second kappa shape index (κ2) is 6.14. The van der Waals surface area contributed by atoms with Crippen LogP contribution in [0.5, 0.6) is 0 Å². The molecule has 1 aliphatic carbocycles. The molecule has 2 fully saturated rings. The summed E-state index contributed by atoms with van der Waals surface area (Å²) in [5.74, 6) is 0.581. The lowest BCUT2D eigenvalue weighted by Crippen LogP contribution is -2.32. The van der Waals surface area contributed by atoms with Crippen LogP contribution in [0.25, 0.3) is 0 Å². The van der Waals surface area contributed by atoms with Crippen LogP contribution in [0.2, 0.25) is 0 Å². The van der Waals surface area contributed by atoms with E-state index in [1.165, 1.54) is 12.5 Å². The van der Waals surface area contributed by atoms with Gasteiger partial charge in [-0.3, -0.25) is 4.79 Å². The molecule has 0 aromatic heterocycles. The predicted molar refractivity (Wildman–Crippen MR) is 80.5 cm³/mol. The summed E-state index contributed by atoms with van der Waals surface area (Å²) in [7, 11) is 0. The molecule has 1 aromatic carbocycles. The SMILES string of the molecule is O=C(CCC1CCNC1)NCC1(c2cccc(F)c2)CC1. The van der Waals surface area contributed by atoms with E-state index in [1.807, 2.05) is 6.07 Å². The van der Waals surface area contributed by atoms with Crippen LogP contribution in [-0.4, -0.2) is 25.5 Å². The monoisotopic (exact) mass is 290 g/mol. The van der Waals surface area contributed by atoms with Crippen LogP contribution in [0.15, 0.2) is 24.3 Å². The van der Waals surface area contributed by atoms with E-state index in [4.69, 9.17) is 0 Å². The molecule has 1 atom stereocenters. The fourth-order valence-electron chi connectivity index (χ4n) is 3.19. The Morgan fingerprint density at radius 1 is 1.43 bits per heavy atom. The Hall–Kier alpha value is -1.42. The summed E-state index contributed by atoms with van der Waals surface area (Å²) in [5.41, 5.74) is 0.995. The van der Waals surface area contributed by atoms with Gasteiger partial charge >= 0.3 is 0 Å². The third kappa shape index (κ3) is 3.62. The van der Waals surface area contributed by atoms with Gasteiger partial charge in [0.25, 0.3) is 0 Å². The normalized spacial score (nSPS) is 23.0. The van der Waals surface area contributed by atoms with Gasteiger partial charge in [0.15, 0.2) is 0 Å². The van der Waals surface area contributed by atoms with Crippen LogP contribution in [0, 0.1) is 11.7 Å². The van der Waals surface area contributed by atoms with Gasteiger partial charge in [-0.1, -0.05) is 12.1 Å². The van der Waals surface area contributed by atoms with Crippen LogP contribution >= 0.6 is 0 Å². The van der Waals surface area contributed by atoms with E-state index in [0.717, 1.165) is 37.9 Å². The third-order valence-corrected chi connectivity index (χ3v) is 4.86. The molecule has 1 aliphatic heterocycles. The van der Waals surface area contributed by atoms with E-state index in [1.54, 1.807) is 12.1 Å². The number of rotatable bonds is 6. The predicted octanol–water partition coefficient (Wildman–Crippen LogP) is 2.36. The van der Waals surface area contributed by atoms with Gasteiger partial charge in [-0.2, -0.15) is 0 Å². The molecule has 1 saturated carbocycles. The van der Waals surface area contributed by atoms with Crippen molar-refractivity contribution in [1.82, 2.24) is 10.6 Å². The number of hydrogen-bond donors (Lipinski definition) is 2. The number of carbonyl (C=O) groups excluding carboxylic acids is 1. The van der Waals surface area contributed by atoms with E-state index >= 15 is 0 Å². The molecule has 4 heteroatoms. The molecule has 0 bridgehead atoms. The number of benzene rings is 1. The number of hydrogen-bond acceptors (Lipinski definition) is 2. The van der Waals surface area contributed by atoms with Gasteiger partial charge in [-0.25, -0.2) is 4.39 Å². The average molecular weight is 290 g/mol. The summed E-state index contributed by atoms with van der Waals surface area (Å²) >= 11 is 0. The van der Waals surface area contributed by atoms with Gasteiger partial charge in [-0.05, 0) is 62.4 Å². The molecule has 0 radical (unpaired) electrons. The Labute approximate surface area is 125 Å². The van der Waals surface area contributed by atoms with Gasteiger partial charge < -0.3 is 10.6 Å². The molecule has 3 rings (SSSR count). The maximum Gasteiger partial charge on any atom is 0.220 e. The van der Waals surface area contributed by atoms with Crippen molar-refractivity contribution in [3.8, 4) is 0 Å². The summed E-state index contributed by atoms with van der Waals surface area (Å²) in [6.45, 7) is 2.76. The second-order valence-electron chi connectivity index (χ2n) is 6.46. The molecule has 1 saturated heterocycles. The highest BCUT2D eigenvalue weighted by Gasteiger charge is 2.44. The zero-order valence-corrected chi connectivity index (χ0v) is 12.3. The van der Waals surface area contributed by atoms with E-state index in [9.17, 15) is 9.18 Å². The molecule has 1 amide bonds. The second-order valence-corrected chi connectivity index (χ2v) is 6.46. The summed E-state index contributed by atoms with van der Waals surface area (Å²) in [4.78, 5) is 12.0. The fourth-order valence-corrected chi connectivity index (χ4v) is 3.19. The highest BCUT2D eigenvalue weighted by atomic mass is 19.1. The maximum absolute atomic E-state index is 13.3. The van der Waals surface area contributed by atoms with Gasteiger partial charge in [0.1, 0.15) is 5.82 Å². The molecule has 114 valence electrons. The van der Waals surface area contributed by atoms with Gasteiger partial charge in [0.05, 0.1) is 0 Å². The topological polar surface area (TPSA) is 41.1 Å². The Morgan fingerprint density at radius 3 is 2.95 bits per heavy atom. The lowest BCUT2D eigenvalue weighted by molar-refractivity contribution is -0.121. The van der Waals surface area contributed by atoms with Crippen LogP contribution in [-0.2, 0) is 10.2 Å². The van der Waals surface area contributed by atoms with Crippen molar-refractivity contribution in [2.45, 2.75) is 37.5 Å². The maximum atomic E-state index is 13.3. The first-order valence-electron chi connectivity index (χ1n) is 7.91. The Kier molecular flexibility index (Phi) is 4.24. The molecule has 1 unspecified atom stereocenters. The molecule has 1 heterocycles. The highest BCUT2D eigenvalue weighted by molar-refractivity contribution is 5.76. The van der Waals surface area contributed by atoms with Crippen molar-refractivity contribution >= 4 is 5.91 Å². The van der Waals surface area contributed by atoms with E-state index in [2.05, 4.69) is 10.6 Å². The highest BCUT2D eigenvalue weighted by Crippen LogP contribution is 2.47. The minimum Gasteiger partial charge on any atom is -0.355 e. The van der Waals surface area contributed by atoms with Gasteiger partial charge in [0.2, 0.25) is 5.91 Å². The summed E-state index contributed by atoms with van der Waals surface area (Å²) in [6.07, 6.45) is 4.81. The Bertz CT molecular complexity index is 507. The molecule has 3 nitrogen and oxygen atoms in total. The molecular weight excluding hydrogens is 267 g/mol. The molecule has 2 aliphatic rings. The minimum absolute atomic E-state index is 0.0212. The summed E-state index contributed by atoms with van der Waals surface area (Å²) in [5, 5.41) is 6.37.